The lowest BCUT2D eigenvalue weighted by Crippen LogP contribution is -2.01. The van der Waals surface area contributed by atoms with E-state index in [1.807, 2.05) is 24.3 Å². The number of alkyl halides is 1. The highest BCUT2D eigenvalue weighted by molar-refractivity contribution is 6.18. The smallest absolute Gasteiger partial charge is 0.165 e. The quantitative estimate of drug-likeness (QED) is 0.598. The Balaban J connectivity index is 2.40. The van der Waals surface area contributed by atoms with E-state index in [0.29, 0.717) is 24.3 Å². The Hall–Kier alpha value is -1.41. The number of carbonyl (C=O) groups is 1. The van der Waals surface area contributed by atoms with Crippen LogP contribution in [0.3, 0.4) is 0 Å². The van der Waals surface area contributed by atoms with Gasteiger partial charge in [-0.05, 0) is 11.8 Å². The average molecular weight is 234 g/mol. The molecule has 0 amide bonds. The predicted molar refractivity (Wildman–Crippen MR) is 66.0 cm³/mol. The van der Waals surface area contributed by atoms with E-state index >= 15 is 0 Å². The van der Waals surface area contributed by atoms with Crippen molar-refractivity contribution in [3.8, 4) is 0 Å². The van der Waals surface area contributed by atoms with E-state index in [1.165, 1.54) is 0 Å². The van der Waals surface area contributed by atoms with E-state index < -0.39 is 0 Å². The maximum Gasteiger partial charge on any atom is 0.165 e. The maximum absolute atomic E-state index is 11.9. The molecule has 0 N–H and O–H groups in total. The van der Waals surface area contributed by atoms with Crippen LogP contribution >= 0.6 is 11.6 Å². The summed E-state index contributed by atoms with van der Waals surface area (Å²) in [6.45, 7) is 0. The fraction of sp³-hybridized carbons (Fsp3) is 0.231. The number of benzene rings is 1. The molecule has 0 fully saturated rings. The molecule has 0 saturated carbocycles. The van der Waals surface area contributed by atoms with Gasteiger partial charge in [0, 0.05) is 35.6 Å². The second-order valence-corrected chi connectivity index (χ2v) is 4.00. The summed E-state index contributed by atoms with van der Waals surface area (Å²) in [6.07, 6.45) is 4.61. The zero-order chi connectivity index (χ0) is 11.4. The van der Waals surface area contributed by atoms with Crippen molar-refractivity contribution in [1.82, 2.24) is 4.98 Å². The van der Waals surface area contributed by atoms with E-state index in [-0.39, 0.29) is 5.78 Å². The molecule has 0 saturated heterocycles. The zero-order valence-electron chi connectivity index (χ0n) is 8.82. The van der Waals surface area contributed by atoms with Gasteiger partial charge in [0.25, 0.3) is 0 Å². The van der Waals surface area contributed by atoms with Crippen molar-refractivity contribution in [1.29, 1.82) is 0 Å². The number of nitrogens with zero attached hydrogens (tertiary/aromatic N) is 1. The van der Waals surface area contributed by atoms with Gasteiger partial charge in [-0.1, -0.05) is 24.3 Å². The molecule has 0 atom stereocenters. The van der Waals surface area contributed by atoms with Gasteiger partial charge in [-0.25, -0.2) is 0 Å². The normalized spacial score (nSPS) is 10.6. The molecule has 1 aromatic carbocycles. The molecule has 0 aliphatic carbocycles. The molecule has 1 aromatic heterocycles. The molecule has 0 bridgehead atoms. The van der Waals surface area contributed by atoms with Gasteiger partial charge in [0.2, 0.25) is 0 Å². The first-order chi connectivity index (χ1) is 7.83. The summed E-state index contributed by atoms with van der Waals surface area (Å²) in [5.41, 5.74) is 0.697. The van der Waals surface area contributed by atoms with Gasteiger partial charge in [-0.2, -0.15) is 0 Å². The van der Waals surface area contributed by atoms with Crippen molar-refractivity contribution in [2.75, 3.05) is 5.88 Å². The number of pyridine rings is 1. The Kier molecular flexibility index (Phi) is 3.52. The molecule has 0 radical (unpaired) electrons. The topological polar surface area (TPSA) is 30.0 Å². The number of carbonyl (C=O) groups excluding carboxylic acids is 1. The minimum absolute atomic E-state index is 0.116. The summed E-state index contributed by atoms with van der Waals surface area (Å²) in [5.74, 6) is 0.633. The van der Waals surface area contributed by atoms with Gasteiger partial charge < -0.3 is 0 Å². The standard InChI is InChI=1S/C13H12ClNO/c14-7-3-6-13(16)12-9-15-8-10-4-1-2-5-11(10)12/h1-2,4-5,8-9H,3,6-7H2. The Morgan fingerprint density at radius 3 is 2.88 bits per heavy atom. The summed E-state index contributed by atoms with van der Waals surface area (Å²) < 4.78 is 0. The van der Waals surface area contributed by atoms with Crippen LogP contribution in [0, 0.1) is 0 Å². The second kappa shape index (κ2) is 5.08. The van der Waals surface area contributed by atoms with Gasteiger partial charge in [-0.15, -0.1) is 11.6 Å². The largest absolute Gasteiger partial charge is 0.294 e. The minimum atomic E-state index is 0.116. The van der Waals surface area contributed by atoms with Gasteiger partial charge in [0.1, 0.15) is 0 Å². The number of hydrogen-bond acceptors (Lipinski definition) is 2. The molecule has 0 spiro atoms. The minimum Gasteiger partial charge on any atom is -0.294 e. The first-order valence-corrected chi connectivity index (χ1v) is 5.78. The number of aromatic nitrogens is 1. The SMILES string of the molecule is O=C(CCCCl)c1cncc2ccccc12. The predicted octanol–water partition coefficient (Wildman–Crippen LogP) is 3.44. The number of halogens is 1. The van der Waals surface area contributed by atoms with Crippen molar-refractivity contribution in [2.45, 2.75) is 12.8 Å². The van der Waals surface area contributed by atoms with Crippen LogP contribution in [0.15, 0.2) is 36.7 Å². The molecule has 1 heterocycles. The highest BCUT2D eigenvalue weighted by atomic mass is 35.5. The second-order valence-electron chi connectivity index (χ2n) is 3.62. The average Bonchev–Trinajstić information content (AvgIpc) is 2.35. The fourth-order valence-electron chi connectivity index (χ4n) is 1.70. The number of Topliss-reactive ketones (excluding diaryl/α,β-unsaturated/α-hetero) is 1. The first kappa shape index (κ1) is 11.1. The van der Waals surface area contributed by atoms with E-state index in [2.05, 4.69) is 4.98 Å². The molecule has 0 aliphatic rings. The summed E-state index contributed by atoms with van der Waals surface area (Å²) in [5, 5.41) is 1.97. The maximum atomic E-state index is 11.9. The van der Waals surface area contributed by atoms with Gasteiger partial charge >= 0.3 is 0 Å². The lowest BCUT2D eigenvalue weighted by atomic mass is 10.0. The molecule has 0 aliphatic heterocycles. The Labute approximate surface area is 99.3 Å². The van der Waals surface area contributed by atoms with Crippen molar-refractivity contribution >= 4 is 28.2 Å². The lowest BCUT2D eigenvalue weighted by molar-refractivity contribution is 0.0983. The van der Waals surface area contributed by atoms with Crippen LogP contribution < -0.4 is 0 Å². The van der Waals surface area contributed by atoms with Crippen molar-refractivity contribution in [2.24, 2.45) is 0 Å². The molecular weight excluding hydrogens is 222 g/mol. The number of ketones is 1. The molecule has 82 valence electrons. The molecule has 0 unspecified atom stereocenters. The zero-order valence-corrected chi connectivity index (χ0v) is 9.57. The molecular formula is C13H12ClNO. The summed E-state index contributed by atoms with van der Waals surface area (Å²) in [4.78, 5) is 16.0. The van der Waals surface area contributed by atoms with Crippen LogP contribution in [0.4, 0.5) is 0 Å². The highest BCUT2D eigenvalue weighted by Crippen LogP contribution is 2.18. The third-order valence-corrected chi connectivity index (χ3v) is 2.77. The van der Waals surface area contributed by atoms with Crippen molar-refractivity contribution in [3.63, 3.8) is 0 Å². The summed E-state index contributed by atoms with van der Waals surface area (Å²) in [6, 6.07) is 7.78. The molecule has 2 rings (SSSR count). The molecule has 3 heteroatoms. The third kappa shape index (κ3) is 2.22. The van der Waals surface area contributed by atoms with Gasteiger partial charge in [0.15, 0.2) is 5.78 Å². The van der Waals surface area contributed by atoms with Crippen LogP contribution in [-0.2, 0) is 0 Å². The van der Waals surface area contributed by atoms with Crippen LogP contribution in [0.5, 0.6) is 0 Å². The number of fused-ring (bicyclic) bond motifs is 1. The van der Waals surface area contributed by atoms with E-state index in [0.717, 1.165) is 10.8 Å². The van der Waals surface area contributed by atoms with Crippen LogP contribution in [-0.4, -0.2) is 16.6 Å². The highest BCUT2D eigenvalue weighted by Gasteiger charge is 2.09. The van der Waals surface area contributed by atoms with E-state index in [1.54, 1.807) is 12.4 Å². The first-order valence-electron chi connectivity index (χ1n) is 5.25. The summed E-state index contributed by atoms with van der Waals surface area (Å²) in [7, 11) is 0. The van der Waals surface area contributed by atoms with Gasteiger partial charge in [0.05, 0.1) is 0 Å². The van der Waals surface area contributed by atoms with Crippen molar-refractivity contribution in [3.05, 3.63) is 42.2 Å². The molecule has 2 nitrogen and oxygen atoms in total. The lowest BCUT2D eigenvalue weighted by Gasteiger charge is -2.04. The van der Waals surface area contributed by atoms with Crippen LogP contribution in [0.2, 0.25) is 0 Å². The Morgan fingerprint density at radius 1 is 1.25 bits per heavy atom. The van der Waals surface area contributed by atoms with Crippen LogP contribution in [0.25, 0.3) is 10.8 Å². The van der Waals surface area contributed by atoms with Crippen molar-refractivity contribution < 1.29 is 4.79 Å². The van der Waals surface area contributed by atoms with Crippen LogP contribution in [0.1, 0.15) is 23.2 Å². The Bertz CT molecular complexity index is 505. The fourth-order valence-corrected chi connectivity index (χ4v) is 1.83. The van der Waals surface area contributed by atoms with Gasteiger partial charge in [-0.3, -0.25) is 9.78 Å². The van der Waals surface area contributed by atoms with E-state index in [9.17, 15) is 4.79 Å². The number of hydrogen-bond donors (Lipinski definition) is 0. The number of rotatable bonds is 4. The molecule has 2 aromatic rings. The summed E-state index contributed by atoms with van der Waals surface area (Å²) >= 11 is 5.58. The third-order valence-electron chi connectivity index (χ3n) is 2.51. The monoisotopic (exact) mass is 233 g/mol. The molecule has 16 heavy (non-hydrogen) atoms. The Morgan fingerprint density at radius 2 is 2.06 bits per heavy atom. The van der Waals surface area contributed by atoms with E-state index in [4.69, 9.17) is 11.6 Å².